The van der Waals surface area contributed by atoms with Crippen LogP contribution in [0.5, 0.6) is 0 Å². The fourth-order valence-corrected chi connectivity index (χ4v) is 8.76. The molecule has 3 aliphatic rings. The lowest BCUT2D eigenvalue weighted by molar-refractivity contribution is 0.0340. The lowest BCUT2D eigenvalue weighted by Crippen LogP contribution is -2.63. The van der Waals surface area contributed by atoms with E-state index in [1.165, 1.54) is 15.2 Å². The summed E-state index contributed by atoms with van der Waals surface area (Å²) in [6, 6.07) is 11.7. The minimum Gasteiger partial charge on any atom is -0.443 e. The van der Waals surface area contributed by atoms with E-state index in [1.807, 2.05) is 30.3 Å². The second-order valence-corrected chi connectivity index (χ2v) is 17.1. The van der Waals surface area contributed by atoms with Crippen LogP contribution in [0.25, 0.3) is 11.0 Å². The number of aromatic nitrogens is 3. The Labute approximate surface area is 282 Å². The number of rotatable bonds is 7. The van der Waals surface area contributed by atoms with Gasteiger partial charge in [-0.15, -0.1) is 0 Å². The Kier molecular flexibility index (Phi) is 8.74. The van der Waals surface area contributed by atoms with Gasteiger partial charge in [0, 0.05) is 31.4 Å². The maximum Gasteiger partial charge on any atom is 0.425 e. The predicted octanol–water partition coefficient (Wildman–Crippen LogP) is 4.72. The third kappa shape index (κ3) is 7.01. The summed E-state index contributed by atoms with van der Waals surface area (Å²) in [4.78, 5) is 37.7. The number of benzene rings is 1. The first-order valence-electron chi connectivity index (χ1n) is 16.6. The molecule has 4 heterocycles. The second kappa shape index (κ2) is 12.3. The van der Waals surface area contributed by atoms with Crippen molar-refractivity contribution in [1.29, 1.82) is 0 Å². The van der Waals surface area contributed by atoms with E-state index in [9.17, 15) is 18.0 Å². The average Bonchev–Trinajstić information content (AvgIpc) is 3.38. The molecule has 1 amide bonds. The van der Waals surface area contributed by atoms with Crippen molar-refractivity contribution < 1.29 is 27.5 Å². The molecule has 1 atom stereocenters. The summed E-state index contributed by atoms with van der Waals surface area (Å²) in [5.74, 6) is 0.617. The van der Waals surface area contributed by atoms with Crippen molar-refractivity contribution in [2.75, 3.05) is 37.6 Å². The second-order valence-electron chi connectivity index (χ2n) is 15.3. The Morgan fingerprint density at radius 3 is 2.29 bits per heavy atom. The molecule has 1 N–H and O–H groups in total. The number of nitrogens with one attached hydrogen (secondary N) is 1. The molecule has 13 nitrogen and oxygen atoms in total. The molecule has 1 aliphatic carbocycles. The van der Waals surface area contributed by atoms with Gasteiger partial charge >= 0.3 is 22.4 Å². The SMILES string of the molecule is CC(C)(C)OC(=O)N(C[C@@]1(Cc2ccccc2)CCCN1)S(=O)(=O)N1CCN(c2ncnc3c2ccn3C(=O)OC(C)(C)C)CC12CC2. The summed E-state index contributed by atoms with van der Waals surface area (Å²) < 4.78 is 44.6. The zero-order valence-electron chi connectivity index (χ0n) is 28.7. The van der Waals surface area contributed by atoms with Crippen molar-refractivity contribution in [3.8, 4) is 0 Å². The molecule has 3 fully saturated rings. The molecule has 0 radical (unpaired) electrons. The van der Waals surface area contributed by atoms with Gasteiger partial charge in [-0.2, -0.15) is 17.0 Å². The molecule has 1 spiro atoms. The molecule has 260 valence electrons. The average molecular weight is 682 g/mol. The molecule has 6 rings (SSSR count). The van der Waals surface area contributed by atoms with Gasteiger partial charge in [0.25, 0.3) is 0 Å². The predicted molar refractivity (Wildman–Crippen MR) is 182 cm³/mol. The van der Waals surface area contributed by atoms with Crippen LogP contribution in [-0.4, -0.2) is 98.8 Å². The first-order chi connectivity index (χ1) is 22.5. The molecule has 2 saturated heterocycles. The monoisotopic (exact) mass is 681 g/mol. The highest BCUT2D eigenvalue weighted by Crippen LogP contribution is 2.47. The minimum atomic E-state index is -4.30. The van der Waals surface area contributed by atoms with Crippen molar-refractivity contribution >= 4 is 39.2 Å². The molecule has 1 aromatic carbocycles. The molecule has 0 bridgehead atoms. The van der Waals surface area contributed by atoms with Gasteiger partial charge in [-0.05, 0) is 91.8 Å². The van der Waals surface area contributed by atoms with Crippen molar-refractivity contribution in [2.24, 2.45) is 0 Å². The maximum atomic E-state index is 14.7. The van der Waals surface area contributed by atoms with Gasteiger partial charge in [0.05, 0.1) is 17.5 Å². The van der Waals surface area contributed by atoms with Crippen molar-refractivity contribution in [2.45, 2.75) is 95.9 Å². The molecule has 2 aromatic heterocycles. The van der Waals surface area contributed by atoms with Gasteiger partial charge in [-0.1, -0.05) is 30.3 Å². The van der Waals surface area contributed by atoms with E-state index in [2.05, 4.69) is 20.2 Å². The van der Waals surface area contributed by atoms with Gasteiger partial charge < -0.3 is 19.7 Å². The number of piperazine rings is 1. The number of hydrogen-bond acceptors (Lipinski definition) is 10. The number of carbonyl (C=O) groups excluding carboxylic acids is 2. The highest BCUT2D eigenvalue weighted by atomic mass is 32.2. The molecule has 3 aromatic rings. The molecule has 2 aliphatic heterocycles. The Balaban J connectivity index is 1.28. The Morgan fingerprint density at radius 2 is 1.67 bits per heavy atom. The minimum absolute atomic E-state index is 0.0415. The Bertz CT molecular complexity index is 1770. The molecular formula is C34H47N7O6S. The van der Waals surface area contributed by atoms with Crippen molar-refractivity contribution in [1.82, 2.24) is 28.5 Å². The van der Waals surface area contributed by atoms with Crippen LogP contribution in [0.2, 0.25) is 0 Å². The van der Waals surface area contributed by atoms with Crippen molar-refractivity contribution in [3.63, 3.8) is 0 Å². The lowest BCUT2D eigenvalue weighted by atomic mass is 9.89. The van der Waals surface area contributed by atoms with Crippen LogP contribution in [-0.2, 0) is 26.1 Å². The van der Waals surface area contributed by atoms with E-state index in [1.54, 1.807) is 53.8 Å². The summed E-state index contributed by atoms with van der Waals surface area (Å²) in [5.41, 5.74) is -1.41. The number of amides is 1. The quantitative estimate of drug-likeness (QED) is 0.373. The summed E-state index contributed by atoms with van der Waals surface area (Å²) in [7, 11) is -4.30. The van der Waals surface area contributed by atoms with E-state index < -0.39 is 44.7 Å². The maximum absolute atomic E-state index is 14.7. The third-order valence-electron chi connectivity index (χ3n) is 9.08. The Hall–Kier alpha value is -3.75. The number of hydrogen-bond donors (Lipinski definition) is 1. The number of fused-ring (bicyclic) bond motifs is 1. The van der Waals surface area contributed by atoms with E-state index in [0.717, 1.165) is 29.3 Å². The van der Waals surface area contributed by atoms with Gasteiger partial charge in [0.15, 0.2) is 5.65 Å². The van der Waals surface area contributed by atoms with Crippen LogP contribution in [0.3, 0.4) is 0 Å². The molecular weight excluding hydrogens is 634 g/mol. The zero-order chi connectivity index (χ0) is 34.5. The summed E-state index contributed by atoms with van der Waals surface area (Å²) >= 11 is 0. The highest BCUT2D eigenvalue weighted by molar-refractivity contribution is 7.87. The molecule has 14 heteroatoms. The van der Waals surface area contributed by atoms with Gasteiger partial charge in [-0.25, -0.2) is 24.1 Å². The third-order valence-corrected chi connectivity index (χ3v) is 11.0. The Morgan fingerprint density at radius 1 is 0.958 bits per heavy atom. The summed E-state index contributed by atoms with van der Waals surface area (Å²) in [5, 5.41) is 4.22. The van der Waals surface area contributed by atoms with Gasteiger partial charge in [0.2, 0.25) is 0 Å². The van der Waals surface area contributed by atoms with E-state index in [4.69, 9.17) is 9.47 Å². The van der Waals surface area contributed by atoms with Crippen LogP contribution in [0.1, 0.15) is 72.8 Å². The highest BCUT2D eigenvalue weighted by Gasteiger charge is 2.58. The smallest absolute Gasteiger partial charge is 0.425 e. The van der Waals surface area contributed by atoms with Crippen LogP contribution in [0, 0.1) is 0 Å². The fraction of sp³-hybridized carbons (Fsp3) is 0.588. The zero-order valence-corrected chi connectivity index (χ0v) is 29.5. The molecule has 0 unspecified atom stereocenters. The van der Waals surface area contributed by atoms with E-state index in [-0.39, 0.29) is 13.1 Å². The standard InChI is InChI=1S/C34H47N7O6S/c1-31(2,3)46-29(42)39-18-13-26-27(35-24-36-28(26)39)38-19-20-41(34(23-38)15-16-34)48(44,45)40(30(43)47-32(4,5)6)22-33(14-10-17-37-33)21-25-11-8-7-9-12-25/h7-9,11-13,18,24,37H,10,14-17,19-23H2,1-6H3/t33-/m0/s1. The first kappa shape index (κ1) is 34.1. The molecule has 1 saturated carbocycles. The topological polar surface area (TPSA) is 139 Å². The summed E-state index contributed by atoms with van der Waals surface area (Å²) in [6.45, 7) is 12.2. The number of ether oxygens (including phenoxy) is 2. The van der Waals surface area contributed by atoms with Crippen LogP contribution in [0.15, 0.2) is 48.9 Å². The van der Waals surface area contributed by atoms with Crippen LogP contribution < -0.4 is 10.2 Å². The van der Waals surface area contributed by atoms with Crippen LogP contribution >= 0.6 is 0 Å². The van der Waals surface area contributed by atoms with Gasteiger partial charge in [0.1, 0.15) is 23.3 Å². The number of anilines is 1. The molecule has 48 heavy (non-hydrogen) atoms. The number of nitrogens with zero attached hydrogens (tertiary/aromatic N) is 6. The lowest BCUT2D eigenvalue weighted by Gasteiger charge is -2.44. The van der Waals surface area contributed by atoms with Crippen LogP contribution in [0.4, 0.5) is 15.4 Å². The summed E-state index contributed by atoms with van der Waals surface area (Å²) in [6.07, 6.45) is 5.08. The first-order valence-corrected chi connectivity index (χ1v) is 18.0. The van der Waals surface area contributed by atoms with Crippen molar-refractivity contribution in [3.05, 3.63) is 54.5 Å². The normalized spacial score (nSPS) is 21.4. The van der Waals surface area contributed by atoms with E-state index >= 15 is 0 Å². The van der Waals surface area contributed by atoms with E-state index in [0.29, 0.717) is 49.2 Å². The van der Waals surface area contributed by atoms with Gasteiger partial charge in [-0.3, -0.25) is 0 Å². The fourth-order valence-electron chi connectivity index (χ4n) is 6.85. The largest absolute Gasteiger partial charge is 0.443 e. The number of carbonyl (C=O) groups is 2.